The molecule has 3 aromatic rings. The van der Waals surface area contributed by atoms with Crippen LogP contribution in [0.15, 0.2) is 60.8 Å². The van der Waals surface area contributed by atoms with Crippen molar-refractivity contribution in [2.45, 2.75) is 20.4 Å². The minimum atomic E-state index is -3.56. The van der Waals surface area contributed by atoms with Crippen LogP contribution in [0.4, 0.5) is 5.69 Å². The molecule has 1 heterocycles. The lowest BCUT2D eigenvalue weighted by Crippen LogP contribution is -2.28. The summed E-state index contributed by atoms with van der Waals surface area (Å²) >= 11 is 0. The second-order valence-electron chi connectivity index (χ2n) is 7.70. The fraction of sp³-hybridized carbons (Fsp3) is 0.280. The first-order chi connectivity index (χ1) is 16.7. The van der Waals surface area contributed by atoms with Crippen molar-refractivity contribution in [3.05, 3.63) is 71.9 Å². The Kier molecular flexibility index (Phi) is 8.67. The van der Waals surface area contributed by atoms with Gasteiger partial charge in [0.25, 0.3) is 10.1 Å². The second kappa shape index (κ2) is 11.7. The standard InChI is InChI=1S/C25H28N2O7S/c1-18-7-12-24(32-14-15-33-35(4,29)30)20(16-18)17-27(19(2)28)23-6-5-13-26-25(23)34-22-10-8-21(31-3)9-11-22/h5-13,16H,14-15,17H2,1-4H3. The first-order valence-electron chi connectivity index (χ1n) is 10.8. The maximum absolute atomic E-state index is 12.7. The molecule has 0 saturated carbocycles. The lowest BCUT2D eigenvalue weighted by Gasteiger charge is -2.24. The minimum Gasteiger partial charge on any atom is -0.497 e. The van der Waals surface area contributed by atoms with Crippen LogP contribution in [0.25, 0.3) is 0 Å². The predicted molar refractivity (Wildman–Crippen MR) is 132 cm³/mol. The van der Waals surface area contributed by atoms with Gasteiger partial charge in [-0.15, -0.1) is 0 Å². The Morgan fingerprint density at radius 3 is 2.40 bits per heavy atom. The van der Waals surface area contributed by atoms with Crippen LogP contribution in [-0.2, 0) is 25.6 Å². The molecule has 10 heteroatoms. The van der Waals surface area contributed by atoms with Gasteiger partial charge in [-0.3, -0.25) is 8.98 Å². The molecule has 0 aliphatic carbocycles. The second-order valence-corrected chi connectivity index (χ2v) is 9.34. The molecule has 0 N–H and O–H groups in total. The first kappa shape index (κ1) is 26.0. The highest BCUT2D eigenvalue weighted by Gasteiger charge is 2.20. The van der Waals surface area contributed by atoms with Crippen LogP contribution in [-0.4, -0.2) is 45.9 Å². The van der Waals surface area contributed by atoms with E-state index in [0.29, 0.717) is 22.9 Å². The molecule has 1 amide bonds. The number of benzene rings is 2. The van der Waals surface area contributed by atoms with Gasteiger partial charge in [-0.25, -0.2) is 4.98 Å². The summed E-state index contributed by atoms with van der Waals surface area (Å²) < 4.78 is 44.0. The highest BCUT2D eigenvalue weighted by molar-refractivity contribution is 7.85. The molecule has 0 radical (unpaired) electrons. The summed E-state index contributed by atoms with van der Waals surface area (Å²) in [5, 5.41) is 0. The average molecular weight is 501 g/mol. The zero-order chi connectivity index (χ0) is 25.4. The molecule has 3 rings (SSSR count). The molecule has 0 fully saturated rings. The number of amides is 1. The van der Waals surface area contributed by atoms with E-state index in [4.69, 9.17) is 18.4 Å². The van der Waals surface area contributed by atoms with Crippen molar-refractivity contribution in [3.8, 4) is 23.1 Å². The predicted octanol–water partition coefficient (Wildman–Crippen LogP) is 4.10. The number of anilines is 1. The van der Waals surface area contributed by atoms with Crippen molar-refractivity contribution in [2.75, 3.05) is 31.5 Å². The van der Waals surface area contributed by atoms with Crippen LogP contribution in [0.5, 0.6) is 23.1 Å². The molecule has 1 aromatic heterocycles. The maximum Gasteiger partial charge on any atom is 0.264 e. The summed E-state index contributed by atoms with van der Waals surface area (Å²) in [5.41, 5.74) is 2.20. The highest BCUT2D eigenvalue weighted by atomic mass is 32.2. The Morgan fingerprint density at radius 2 is 1.74 bits per heavy atom. The summed E-state index contributed by atoms with van der Waals surface area (Å²) in [5.74, 6) is 1.80. The van der Waals surface area contributed by atoms with Crippen molar-refractivity contribution >= 4 is 21.7 Å². The third-order valence-corrected chi connectivity index (χ3v) is 5.47. The van der Waals surface area contributed by atoms with Crippen molar-refractivity contribution in [1.82, 2.24) is 4.98 Å². The van der Waals surface area contributed by atoms with Crippen LogP contribution in [0.3, 0.4) is 0 Å². The molecule has 0 aliphatic rings. The van der Waals surface area contributed by atoms with Crippen molar-refractivity contribution in [1.29, 1.82) is 0 Å². The number of carbonyl (C=O) groups excluding carboxylic acids is 1. The van der Waals surface area contributed by atoms with Crippen LogP contribution in [0.2, 0.25) is 0 Å². The Labute approximate surface area is 205 Å². The van der Waals surface area contributed by atoms with Gasteiger partial charge in [-0.2, -0.15) is 8.42 Å². The summed E-state index contributed by atoms with van der Waals surface area (Å²) in [7, 11) is -1.97. The van der Waals surface area contributed by atoms with E-state index >= 15 is 0 Å². The van der Waals surface area contributed by atoms with Gasteiger partial charge in [0.1, 0.15) is 36.1 Å². The molecule has 0 spiro atoms. The fourth-order valence-electron chi connectivity index (χ4n) is 3.27. The Morgan fingerprint density at radius 1 is 1.03 bits per heavy atom. The van der Waals surface area contributed by atoms with E-state index in [1.54, 1.807) is 60.7 Å². The monoisotopic (exact) mass is 500 g/mol. The molecular formula is C25H28N2O7S. The van der Waals surface area contributed by atoms with E-state index in [1.165, 1.54) is 6.92 Å². The smallest absolute Gasteiger partial charge is 0.264 e. The quantitative estimate of drug-likeness (QED) is 0.286. The molecule has 0 bridgehead atoms. The maximum atomic E-state index is 12.7. The number of ether oxygens (including phenoxy) is 3. The van der Waals surface area contributed by atoms with E-state index in [-0.39, 0.29) is 31.5 Å². The molecule has 0 saturated heterocycles. The number of hydrogen-bond acceptors (Lipinski definition) is 8. The van der Waals surface area contributed by atoms with Gasteiger partial charge >= 0.3 is 0 Å². The fourth-order valence-corrected chi connectivity index (χ4v) is 3.64. The highest BCUT2D eigenvalue weighted by Crippen LogP contribution is 2.33. The molecule has 2 aromatic carbocycles. The van der Waals surface area contributed by atoms with Crippen LogP contribution >= 0.6 is 0 Å². The zero-order valence-corrected chi connectivity index (χ0v) is 20.9. The summed E-state index contributed by atoms with van der Waals surface area (Å²) in [6, 6.07) is 16.1. The van der Waals surface area contributed by atoms with Crippen molar-refractivity contribution < 1.29 is 31.6 Å². The Hall–Kier alpha value is -3.63. The van der Waals surface area contributed by atoms with Gasteiger partial charge < -0.3 is 19.1 Å². The van der Waals surface area contributed by atoms with Crippen LogP contribution < -0.4 is 19.1 Å². The lowest BCUT2D eigenvalue weighted by molar-refractivity contribution is -0.116. The lowest BCUT2D eigenvalue weighted by atomic mass is 10.1. The number of aryl methyl sites for hydroxylation is 1. The molecule has 35 heavy (non-hydrogen) atoms. The number of methoxy groups -OCH3 is 1. The van der Waals surface area contributed by atoms with E-state index in [1.807, 2.05) is 19.1 Å². The van der Waals surface area contributed by atoms with E-state index in [0.717, 1.165) is 17.4 Å². The number of hydrogen-bond donors (Lipinski definition) is 0. The largest absolute Gasteiger partial charge is 0.497 e. The molecular weight excluding hydrogens is 472 g/mol. The molecule has 186 valence electrons. The number of rotatable bonds is 11. The van der Waals surface area contributed by atoms with Gasteiger partial charge in [0.05, 0.1) is 19.9 Å². The summed E-state index contributed by atoms with van der Waals surface area (Å²) in [4.78, 5) is 18.6. The average Bonchev–Trinajstić information content (AvgIpc) is 2.81. The van der Waals surface area contributed by atoms with Gasteiger partial charge in [0.15, 0.2) is 0 Å². The van der Waals surface area contributed by atoms with Crippen molar-refractivity contribution in [2.24, 2.45) is 0 Å². The topological polar surface area (TPSA) is 104 Å². The molecule has 0 unspecified atom stereocenters. The van der Waals surface area contributed by atoms with Gasteiger partial charge in [0.2, 0.25) is 11.8 Å². The molecule has 0 aliphatic heterocycles. The normalized spacial score (nSPS) is 11.1. The number of nitrogens with zero attached hydrogens (tertiary/aromatic N) is 2. The Balaban J connectivity index is 1.85. The Bertz CT molecular complexity index is 1260. The molecule has 9 nitrogen and oxygen atoms in total. The number of carbonyl (C=O) groups is 1. The van der Waals surface area contributed by atoms with E-state index in [2.05, 4.69) is 4.98 Å². The third kappa shape index (κ3) is 7.69. The van der Waals surface area contributed by atoms with Crippen molar-refractivity contribution in [3.63, 3.8) is 0 Å². The van der Waals surface area contributed by atoms with Crippen LogP contribution in [0.1, 0.15) is 18.1 Å². The van der Waals surface area contributed by atoms with Gasteiger partial charge in [0, 0.05) is 18.7 Å². The van der Waals surface area contributed by atoms with E-state index in [9.17, 15) is 13.2 Å². The van der Waals surface area contributed by atoms with Crippen LogP contribution in [0, 0.1) is 6.92 Å². The summed E-state index contributed by atoms with van der Waals surface area (Å²) in [6.07, 6.45) is 2.57. The zero-order valence-electron chi connectivity index (χ0n) is 20.1. The first-order valence-corrected chi connectivity index (χ1v) is 12.6. The minimum absolute atomic E-state index is 0.0297. The SMILES string of the molecule is COc1ccc(Oc2ncccc2N(Cc2cc(C)ccc2OCCOS(C)(=O)=O)C(C)=O)cc1. The van der Waals surface area contributed by atoms with E-state index < -0.39 is 10.1 Å². The summed E-state index contributed by atoms with van der Waals surface area (Å²) in [6.45, 7) is 3.48. The number of aromatic nitrogens is 1. The van der Waals surface area contributed by atoms with Gasteiger partial charge in [-0.1, -0.05) is 17.7 Å². The third-order valence-electron chi connectivity index (χ3n) is 4.88. The molecule has 0 atom stereocenters. The number of pyridine rings is 1. The van der Waals surface area contributed by atoms with Gasteiger partial charge in [-0.05, 0) is 49.4 Å².